The van der Waals surface area contributed by atoms with Crippen LogP contribution in [0.3, 0.4) is 0 Å². The fraction of sp³-hybridized carbons (Fsp3) is 0.444. The molecular weight excluding hydrogens is 177 g/mol. The van der Waals surface area contributed by atoms with Crippen LogP contribution in [0.2, 0.25) is 5.02 Å². The Morgan fingerprint density at radius 3 is 2.42 bits per heavy atom. The highest BCUT2D eigenvalue weighted by molar-refractivity contribution is 6.31. The molecule has 0 aliphatic heterocycles. The molecule has 0 aliphatic carbocycles. The highest BCUT2D eigenvalue weighted by Gasteiger charge is 2.19. The summed E-state index contributed by atoms with van der Waals surface area (Å²) in [4.78, 5) is 3.45. The Balaban J connectivity index is 3.26. The van der Waals surface area contributed by atoms with Gasteiger partial charge in [0.15, 0.2) is 0 Å². The lowest BCUT2D eigenvalue weighted by Gasteiger charge is -2.19. The van der Waals surface area contributed by atoms with Gasteiger partial charge in [-0.2, -0.15) is 4.39 Å². The van der Waals surface area contributed by atoms with Crippen LogP contribution in [0.25, 0.3) is 0 Å². The maximum Gasteiger partial charge on any atom is 0.231 e. The van der Waals surface area contributed by atoms with Crippen molar-refractivity contribution < 1.29 is 4.39 Å². The van der Waals surface area contributed by atoms with Crippen molar-refractivity contribution in [3.63, 3.8) is 0 Å². The van der Waals surface area contributed by atoms with Gasteiger partial charge in [-0.1, -0.05) is 32.4 Å². The molecular formula is C9H11ClFN. The standard InChI is InChI=1S/C9H11ClFN/c1-9(2,3)6-4-5-12-8(11)7(6)10/h4-5H,1-3H3. The summed E-state index contributed by atoms with van der Waals surface area (Å²) in [7, 11) is 0. The van der Waals surface area contributed by atoms with Crippen molar-refractivity contribution in [1.82, 2.24) is 4.98 Å². The molecule has 0 bridgehead atoms. The van der Waals surface area contributed by atoms with Crippen LogP contribution in [0.4, 0.5) is 4.39 Å². The molecule has 1 nitrogen and oxygen atoms in total. The van der Waals surface area contributed by atoms with Crippen molar-refractivity contribution in [2.45, 2.75) is 26.2 Å². The van der Waals surface area contributed by atoms with Crippen LogP contribution in [0.5, 0.6) is 0 Å². The summed E-state index contributed by atoms with van der Waals surface area (Å²) in [6, 6.07) is 1.74. The van der Waals surface area contributed by atoms with Crippen molar-refractivity contribution in [2.24, 2.45) is 0 Å². The Morgan fingerprint density at radius 1 is 1.42 bits per heavy atom. The van der Waals surface area contributed by atoms with E-state index >= 15 is 0 Å². The first-order valence-electron chi connectivity index (χ1n) is 3.73. The molecule has 0 fully saturated rings. The predicted molar refractivity (Wildman–Crippen MR) is 47.9 cm³/mol. The molecule has 12 heavy (non-hydrogen) atoms. The molecule has 0 amide bonds. The van der Waals surface area contributed by atoms with E-state index in [1.54, 1.807) is 6.07 Å². The Labute approximate surface area is 76.6 Å². The monoisotopic (exact) mass is 187 g/mol. The highest BCUT2D eigenvalue weighted by atomic mass is 35.5. The van der Waals surface area contributed by atoms with Crippen molar-refractivity contribution in [3.05, 3.63) is 28.8 Å². The van der Waals surface area contributed by atoms with Crippen molar-refractivity contribution in [1.29, 1.82) is 0 Å². The minimum absolute atomic E-state index is 0.130. The average molecular weight is 188 g/mol. The third-order valence-corrected chi connectivity index (χ3v) is 2.01. The highest BCUT2D eigenvalue weighted by Crippen LogP contribution is 2.29. The van der Waals surface area contributed by atoms with Crippen LogP contribution < -0.4 is 0 Å². The topological polar surface area (TPSA) is 12.9 Å². The Hall–Kier alpha value is -0.630. The Bertz CT molecular complexity index is 291. The van der Waals surface area contributed by atoms with E-state index in [0.717, 1.165) is 5.56 Å². The molecule has 0 aliphatic rings. The maximum atomic E-state index is 12.9. The van der Waals surface area contributed by atoms with Crippen LogP contribution in [-0.4, -0.2) is 4.98 Å². The summed E-state index contributed by atoms with van der Waals surface area (Å²) < 4.78 is 12.9. The molecule has 1 heterocycles. The summed E-state index contributed by atoms with van der Waals surface area (Å²) in [5.41, 5.74) is 0.651. The van der Waals surface area contributed by atoms with E-state index < -0.39 is 5.95 Å². The Kier molecular flexibility index (Phi) is 2.38. The fourth-order valence-corrected chi connectivity index (χ4v) is 1.39. The van der Waals surface area contributed by atoms with Gasteiger partial charge < -0.3 is 0 Å². The molecule has 0 N–H and O–H groups in total. The zero-order chi connectivity index (χ0) is 9.35. The van der Waals surface area contributed by atoms with Crippen molar-refractivity contribution in [2.75, 3.05) is 0 Å². The van der Waals surface area contributed by atoms with E-state index in [1.807, 2.05) is 20.8 Å². The number of aromatic nitrogens is 1. The molecule has 0 radical (unpaired) electrons. The SMILES string of the molecule is CC(C)(C)c1ccnc(F)c1Cl. The molecule has 66 valence electrons. The molecule has 0 atom stereocenters. The first-order chi connectivity index (χ1) is 5.43. The molecule has 1 aromatic heterocycles. The predicted octanol–water partition coefficient (Wildman–Crippen LogP) is 3.17. The van der Waals surface area contributed by atoms with Gasteiger partial charge >= 0.3 is 0 Å². The average Bonchev–Trinajstić information content (AvgIpc) is 1.92. The molecule has 0 saturated carbocycles. The molecule has 1 aromatic rings. The van der Waals surface area contributed by atoms with Gasteiger partial charge in [0.25, 0.3) is 0 Å². The van der Waals surface area contributed by atoms with Crippen LogP contribution in [0.1, 0.15) is 26.3 Å². The van der Waals surface area contributed by atoms with Gasteiger partial charge in [-0.05, 0) is 17.0 Å². The summed E-state index contributed by atoms with van der Waals surface area (Å²) >= 11 is 5.74. The maximum absolute atomic E-state index is 12.9. The number of hydrogen-bond donors (Lipinski definition) is 0. The van der Waals surface area contributed by atoms with E-state index in [9.17, 15) is 4.39 Å². The number of nitrogens with zero attached hydrogens (tertiary/aromatic N) is 1. The lowest BCUT2D eigenvalue weighted by atomic mass is 9.88. The number of rotatable bonds is 0. The van der Waals surface area contributed by atoms with Crippen LogP contribution in [0.15, 0.2) is 12.3 Å². The van der Waals surface area contributed by atoms with E-state index in [2.05, 4.69) is 4.98 Å². The lowest BCUT2D eigenvalue weighted by molar-refractivity contribution is 0.552. The molecule has 0 saturated heterocycles. The number of pyridine rings is 1. The largest absolute Gasteiger partial charge is 0.231 e. The molecule has 3 heteroatoms. The normalized spacial score (nSPS) is 11.8. The van der Waals surface area contributed by atoms with Crippen LogP contribution >= 0.6 is 11.6 Å². The second-order valence-corrected chi connectivity index (χ2v) is 4.09. The fourth-order valence-electron chi connectivity index (χ4n) is 0.997. The van der Waals surface area contributed by atoms with E-state index in [1.165, 1.54) is 6.20 Å². The van der Waals surface area contributed by atoms with Crippen LogP contribution in [-0.2, 0) is 5.41 Å². The van der Waals surface area contributed by atoms with Gasteiger partial charge in [0.1, 0.15) is 0 Å². The molecule has 0 unspecified atom stereocenters. The Morgan fingerprint density at radius 2 is 2.00 bits per heavy atom. The smallest absolute Gasteiger partial charge is 0.227 e. The summed E-state index contributed by atoms with van der Waals surface area (Å²) in [5.74, 6) is -0.593. The van der Waals surface area contributed by atoms with Crippen LogP contribution in [0, 0.1) is 5.95 Å². The quantitative estimate of drug-likeness (QED) is 0.569. The second-order valence-electron chi connectivity index (χ2n) is 3.71. The van der Waals surface area contributed by atoms with Gasteiger partial charge in [0.05, 0.1) is 5.02 Å². The lowest BCUT2D eigenvalue weighted by Crippen LogP contribution is -2.12. The summed E-state index contributed by atoms with van der Waals surface area (Å²) in [6.45, 7) is 5.94. The van der Waals surface area contributed by atoms with Gasteiger partial charge in [-0.15, -0.1) is 0 Å². The number of hydrogen-bond acceptors (Lipinski definition) is 1. The van der Waals surface area contributed by atoms with Crippen molar-refractivity contribution >= 4 is 11.6 Å². The molecule has 1 rings (SSSR count). The third kappa shape index (κ3) is 1.75. The van der Waals surface area contributed by atoms with E-state index in [-0.39, 0.29) is 10.4 Å². The minimum atomic E-state index is -0.593. The number of halogens is 2. The van der Waals surface area contributed by atoms with Crippen molar-refractivity contribution in [3.8, 4) is 0 Å². The van der Waals surface area contributed by atoms with Gasteiger partial charge in [0, 0.05) is 6.20 Å². The zero-order valence-corrected chi connectivity index (χ0v) is 8.11. The first kappa shape index (κ1) is 9.46. The zero-order valence-electron chi connectivity index (χ0n) is 7.36. The summed E-state index contributed by atoms with van der Waals surface area (Å²) in [5, 5.41) is 0.130. The first-order valence-corrected chi connectivity index (χ1v) is 4.11. The minimum Gasteiger partial charge on any atom is -0.227 e. The van der Waals surface area contributed by atoms with Gasteiger partial charge in [0.2, 0.25) is 5.95 Å². The van der Waals surface area contributed by atoms with Gasteiger partial charge in [-0.3, -0.25) is 0 Å². The van der Waals surface area contributed by atoms with E-state index in [0.29, 0.717) is 0 Å². The third-order valence-electron chi connectivity index (χ3n) is 1.65. The molecule has 0 aromatic carbocycles. The molecule has 0 spiro atoms. The van der Waals surface area contributed by atoms with Gasteiger partial charge in [-0.25, -0.2) is 4.98 Å². The van der Waals surface area contributed by atoms with E-state index in [4.69, 9.17) is 11.6 Å². The second kappa shape index (κ2) is 3.02. The summed E-state index contributed by atoms with van der Waals surface area (Å²) in [6.07, 6.45) is 1.43.